The monoisotopic (exact) mass is 576 g/mol. The number of aliphatic hydroxyl groups is 1. The second-order valence-corrected chi connectivity index (χ2v) is 13.4. The van der Waals surface area contributed by atoms with Crippen molar-refractivity contribution >= 4 is 46.0 Å². The summed E-state index contributed by atoms with van der Waals surface area (Å²) in [6.45, 7) is 11.9. The molecule has 2 unspecified atom stereocenters. The maximum Gasteiger partial charge on any atom is 0.310 e. The van der Waals surface area contributed by atoms with Gasteiger partial charge in [0.2, 0.25) is 5.91 Å². The highest BCUT2D eigenvalue weighted by molar-refractivity contribution is 8.02. The Morgan fingerprint density at radius 2 is 1.95 bits per heavy atom. The molecule has 7 nitrogen and oxygen atoms in total. The number of likely N-dealkylation sites (tertiary alicyclic amines) is 1. The van der Waals surface area contributed by atoms with E-state index < -0.39 is 28.7 Å². The molecule has 3 aliphatic heterocycles. The lowest BCUT2D eigenvalue weighted by atomic mass is 9.71. The Morgan fingerprint density at radius 3 is 2.63 bits per heavy atom. The molecule has 1 spiro atoms. The highest BCUT2D eigenvalue weighted by atomic mass is 32.2. The second kappa shape index (κ2) is 12.0. The van der Waals surface area contributed by atoms with Gasteiger partial charge in [0.15, 0.2) is 0 Å². The number of fused-ring (bicyclic) bond motifs is 2. The molecule has 3 heterocycles. The Bertz CT molecular complexity index is 1340. The second-order valence-electron chi connectivity index (χ2n) is 11.8. The molecule has 41 heavy (non-hydrogen) atoms. The third kappa shape index (κ3) is 5.10. The Hall–Kier alpha value is -3.10. The zero-order chi connectivity index (χ0) is 29.3. The Kier molecular flexibility index (Phi) is 8.62. The predicted octanol–water partition coefficient (Wildman–Crippen LogP) is 4.98. The van der Waals surface area contributed by atoms with Crippen LogP contribution in [-0.2, 0) is 19.1 Å². The summed E-state index contributed by atoms with van der Waals surface area (Å²) in [6.07, 6.45) is 5.87. The summed E-state index contributed by atoms with van der Waals surface area (Å²) in [5, 5.41) is 12.5. The zero-order valence-corrected chi connectivity index (χ0v) is 24.7. The van der Waals surface area contributed by atoms with Crippen LogP contribution in [0.3, 0.4) is 0 Å². The number of nitrogens with zero attached hydrogens (tertiary/aromatic N) is 2. The van der Waals surface area contributed by atoms with Gasteiger partial charge in [-0.3, -0.25) is 14.4 Å². The van der Waals surface area contributed by atoms with E-state index in [2.05, 4.69) is 13.2 Å². The largest absolute Gasteiger partial charge is 0.465 e. The van der Waals surface area contributed by atoms with E-state index in [0.29, 0.717) is 19.3 Å². The third-order valence-corrected chi connectivity index (χ3v) is 10.7. The van der Waals surface area contributed by atoms with E-state index in [1.807, 2.05) is 56.3 Å². The van der Waals surface area contributed by atoms with Crippen LogP contribution in [0.15, 0.2) is 67.8 Å². The first-order valence-electron chi connectivity index (χ1n) is 14.6. The van der Waals surface area contributed by atoms with Crippen molar-refractivity contribution in [3.63, 3.8) is 0 Å². The first-order chi connectivity index (χ1) is 19.8. The van der Waals surface area contributed by atoms with E-state index in [0.717, 1.165) is 22.9 Å². The van der Waals surface area contributed by atoms with Crippen molar-refractivity contribution in [3.05, 3.63) is 67.8 Å². The molecule has 2 aromatic rings. The minimum absolute atomic E-state index is 0.0798. The summed E-state index contributed by atoms with van der Waals surface area (Å²) in [5.41, 5.74) is 0.725. The van der Waals surface area contributed by atoms with Crippen molar-refractivity contribution in [1.82, 2.24) is 4.90 Å². The number of ether oxygens (including phenoxy) is 1. The van der Waals surface area contributed by atoms with Crippen molar-refractivity contribution in [3.8, 4) is 0 Å². The van der Waals surface area contributed by atoms with Gasteiger partial charge in [-0.1, -0.05) is 56.3 Å². The molecule has 2 bridgehead atoms. The van der Waals surface area contributed by atoms with Crippen LogP contribution >= 0.6 is 11.8 Å². The number of thioether (sulfide) groups is 1. The Labute approximate surface area is 246 Å². The summed E-state index contributed by atoms with van der Waals surface area (Å²) < 4.78 is 4.84. The number of carbonyl (C=O) groups is 3. The molecular formula is C33H40N2O5S. The fourth-order valence-electron chi connectivity index (χ4n) is 7.13. The van der Waals surface area contributed by atoms with Gasteiger partial charge in [0.05, 0.1) is 35.8 Å². The van der Waals surface area contributed by atoms with Crippen LogP contribution < -0.4 is 4.90 Å². The SMILES string of the molecule is C=CCCOC(=O)[C@@H]1[C@H]2C(=O)N([C@@H](CO)CC(C)C)C(C(=O)N(CC=C)c3ccc4ccccc4c3)C23CC[C@H]1S3. The minimum Gasteiger partial charge on any atom is -0.465 e. The molecule has 0 saturated carbocycles. The minimum atomic E-state index is -0.816. The highest BCUT2D eigenvalue weighted by Gasteiger charge is 2.74. The normalized spacial score (nSPS) is 27.2. The average Bonchev–Trinajstić information content (AvgIpc) is 3.61. The summed E-state index contributed by atoms with van der Waals surface area (Å²) in [5.74, 6) is -1.88. The summed E-state index contributed by atoms with van der Waals surface area (Å²) in [4.78, 5) is 45.9. The van der Waals surface area contributed by atoms with Crippen LogP contribution in [0.4, 0.5) is 5.69 Å². The number of anilines is 1. The van der Waals surface area contributed by atoms with Gasteiger partial charge in [-0.25, -0.2) is 0 Å². The first-order valence-corrected chi connectivity index (χ1v) is 15.4. The molecule has 6 atom stereocenters. The molecule has 0 radical (unpaired) electrons. The lowest BCUT2D eigenvalue weighted by Crippen LogP contribution is -2.57. The zero-order valence-electron chi connectivity index (χ0n) is 23.9. The fourth-order valence-corrected chi connectivity index (χ4v) is 9.32. The number of hydrogen-bond donors (Lipinski definition) is 1. The van der Waals surface area contributed by atoms with E-state index in [-0.39, 0.29) is 48.7 Å². The molecule has 2 aromatic carbocycles. The van der Waals surface area contributed by atoms with Gasteiger partial charge < -0.3 is 19.6 Å². The molecule has 0 aromatic heterocycles. The number of rotatable bonds is 12. The standard InChI is InChI=1S/C33H40N2O5S/c1-5-7-17-40-32(39)27-26-14-15-33(41-26)28(27)30(37)35(25(20-36)18-21(3)4)29(33)31(38)34(16-6-2)24-13-12-22-10-8-9-11-23(22)19-24/h5-6,8-13,19,21,25-29,36H,1-2,7,14-18,20H2,3-4H3/t25-,26-,27+,28+,29?,33?/m1/s1. The highest BCUT2D eigenvalue weighted by Crippen LogP contribution is 2.67. The van der Waals surface area contributed by atoms with E-state index >= 15 is 0 Å². The van der Waals surface area contributed by atoms with Crippen molar-refractivity contribution in [1.29, 1.82) is 0 Å². The molecule has 3 fully saturated rings. The van der Waals surface area contributed by atoms with Crippen LogP contribution in [0, 0.1) is 17.8 Å². The molecule has 2 amide bonds. The van der Waals surface area contributed by atoms with Crippen LogP contribution in [0.25, 0.3) is 10.8 Å². The van der Waals surface area contributed by atoms with Gasteiger partial charge in [-0.15, -0.1) is 24.9 Å². The lowest BCUT2D eigenvalue weighted by Gasteiger charge is -2.40. The number of aliphatic hydroxyl groups excluding tert-OH is 1. The van der Waals surface area contributed by atoms with Crippen LogP contribution in [-0.4, -0.2) is 69.6 Å². The van der Waals surface area contributed by atoms with E-state index in [9.17, 15) is 19.5 Å². The van der Waals surface area contributed by atoms with Crippen molar-refractivity contribution < 1.29 is 24.2 Å². The molecule has 1 N–H and O–H groups in total. The molecule has 218 valence electrons. The Balaban J connectivity index is 1.58. The van der Waals surface area contributed by atoms with Gasteiger partial charge >= 0.3 is 5.97 Å². The summed E-state index contributed by atoms with van der Waals surface area (Å²) in [6, 6.07) is 12.5. The molecule has 3 saturated heterocycles. The lowest BCUT2D eigenvalue weighted by molar-refractivity contribution is -0.154. The molecule has 3 aliphatic rings. The third-order valence-electron chi connectivity index (χ3n) is 8.78. The number of hydrogen-bond acceptors (Lipinski definition) is 6. The van der Waals surface area contributed by atoms with Crippen LogP contribution in [0.1, 0.15) is 39.5 Å². The van der Waals surface area contributed by atoms with Gasteiger partial charge in [0.25, 0.3) is 5.91 Å². The van der Waals surface area contributed by atoms with Crippen molar-refractivity contribution in [2.24, 2.45) is 17.8 Å². The van der Waals surface area contributed by atoms with E-state index in [1.54, 1.807) is 33.7 Å². The Morgan fingerprint density at radius 1 is 1.20 bits per heavy atom. The molecular weight excluding hydrogens is 536 g/mol. The van der Waals surface area contributed by atoms with E-state index in [4.69, 9.17) is 4.74 Å². The topological polar surface area (TPSA) is 87.1 Å². The number of benzene rings is 2. The summed E-state index contributed by atoms with van der Waals surface area (Å²) in [7, 11) is 0. The average molecular weight is 577 g/mol. The van der Waals surface area contributed by atoms with E-state index in [1.165, 1.54) is 0 Å². The maximum atomic E-state index is 14.8. The molecule has 0 aliphatic carbocycles. The quantitative estimate of drug-likeness (QED) is 0.218. The van der Waals surface area contributed by atoms with Gasteiger partial charge in [-0.05, 0) is 54.5 Å². The van der Waals surface area contributed by atoms with Gasteiger partial charge in [-0.2, -0.15) is 0 Å². The molecule has 5 rings (SSSR count). The smallest absolute Gasteiger partial charge is 0.310 e. The first kappa shape index (κ1) is 29.4. The summed E-state index contributed by atoms with van der Waals surface area (Å²) >= 11 is 1.61. The van der Waals surface area contributed by atoms with Crippen molar-refractivity contribution in [2.75, 3.05) is 24.7 Å². The fraction of sp³-hybridized carbons (Fsp3) is 0.485. The van der Waals surface area contributed by atoms with Gasteiger partial charge in [0, 0.05) is 17.5 Å². The number of carbonyl (C=O) groups excluding carboxylic acids is 3. The molecule has 8 heteroatoms. The van der Waals surface area contributed by atoms with Crippen LogP contribution in [0.5, 0.6) is 0 Å². The number of amides is 2. The van der Waals surface area contributed by atoms with Gasteiger partial charge in [0.1, 0.15) is 6.04 Å². The van der Waals surface area contributed by atoms with Crippen LogP contribution in [0.2, 0.25) is 0 Å². The van der Waals surface area contributed by atoms with Crippen molar-refractivity contribution in [2.45, 2.75) is 61.6 Å². The maximum absolute atomic E-state index is 14.8. The predicted molar refractivity (Wildman–Crippen MR) is 164 cm³/mol. The number of esters is 1.